The van der Waals surface area contributed by atoms with E-state index in [2.05, 4.69) is 14.9 Å². The smallest absolute Gasteiger partial charge is 0.163 e. The number of benzene rings is 1. The topological polar surface area (TPSA) is 48.3 Å². The predicted molar refractivity (Wildman–Crippen MR) is 77.4 cm³/mol. The van der Waals surface area contributed by atoms with E-state index in [1.807, 2.05) is 37.5 Å². The summed E-state index contributed by atoms with van der Waals surface area (Å²) in [6.45, 7) is 3.60. The summed E-state index contributed by atoms with van der Waals surface area (Å²) in [5.41, 5.74) is 1.02. The molecule has 20 heavy (non-hydrogen) atoms. The van der Waals surface area contributed by atoms with Crippen LogP contribution in [0.4, 0.5) is 5.69 Å². The zero-order valence-corrected chi connectivity index (χ0v) is 11.8. The van der Waals surface area contributed by atoms with Gasteiger partial charge in [0, 0.05) is 30.7 Å². The van der Waals surface area contributed by atoms with Gasteiger partial charge in [0.15, 0.2) is 11.5 Å². The molecule has 1 aliphatic rings. The summed E-state index contributed by atoms with van der Waals surface area (Å²) in [4.78, 5) is 4.41. The van der Waals surface area contributed by atoms with Gasteiger partial charge in [0.1, 0.15) is 5.82 Å². The molecule has 1 aliphatic heterocycles. The standard InChI is InChI=1S/C15H19N3O2/c1-3-20-14-10-11(4-5-13(14)19-2)17-12-6-8-18-9-7-16-15(12)18/h4-5,7,9-10,12,17H,3,6,8H2,1-2H3. The molecular weight excluding hydrogens is 254 g/mol. The highest BCUT2D eigenvalue weighted by Gasteiger charge is 2.23. The van der Waals surface area contributed by atoms with Crippen LogP contribution >= 0.6 is 0 Å². The Bertz CT molecular complexity index is 595. The minimum absolute atomic E-state index is 0.257. The van der Waals surface area contributed by atoms with E-state index in [0.717, 1.165) is 36.0 Å². The van der Waals surface area contributed by atoms with Crippen LogP contribution in [0.25, 0.3) is 0 Å². The number of nitrogens with zero attached hydrogens (tertiary/aromatic N) is 2. The van der Waals surface area contributed by atoms with Gasteiger partial charge in [-0.3, -0.25) is 0 Å². The molecule has 1 aromatic carbocycles. The fourth-order valence-electron chi connectivity index (χ4n) is 2.59. The molecule has 5 nitrogen and oxygen atoms in total. The normalized spacial score (nSPS) is 16.8. The average Bonchev–Trinajstić information content (AvgIpc) is 3.05. The van der Waals surface area contributed by atoms with Gasteiger partial charge >= 0.3 is 0 Å². The quantitative estimate of drug-likeness (QED) is 0.910. The molecule has 1 atom stereocenters. The van der Waals surface area contributed by atoms with Gasteiger partial charge in [0.2, 0.25) is 0 Å². The van der Waals surface area contributed by atoms with Crippen LogP contribution in [0.3, 0.4) is 0 Å². The zero-order chi connectivity index (χ0) is 13.9. The van der Waals surface area contributed by atoms with Crippen molar-refractivity contribution in [3.8, 4) is 11.5 Å². The Morgan fingerprint density at radius 2 is 2.30 bits per heavy atom. The Hall–Kier alpha value is -2.17. The van der Waals surface area contributed by atoms with Crippen LogP contribution < -0.4 is 14.8 Å². The van der Waals surface area contributed by atoms with Crippen LogP contribution in [-0.2, 0) is 6.54 Å². The second-order valence-electron chi connectivity index (χ2n) is 4.76. The van der Waals surface area contributed by atoms with Crippen molar-refractivity contribution in [2.75, 3.05) is 19.0 Å². The lowest BCUT2D eigenvalue weighted by Gasteiger charge is -2.15. The summed E-state index contributed by atoms with van der Waals surface area (Å²) in [6.07, 6.45) is 4.93. The van der Waals surface area contributed by atoms with Crippen molar-refractivity contribution in [2.45, 2.75) is 25.9 Å². The predicted octanol–water partition coefficient (Wildman–Crippen LogP) is 2.85. The van der Waals surface area contributed by atoms with Crippen molar-refractivity contribution >= 4 is 5.69 Å². The second-order valence-corrected chi connectivity index (χ2v) is 4.76. The third-order valence-corrected chi connectivity index (χ3v) is 3.52. The van der Waals surface area contributed by atoms with E-state index in [0.29, 0.717) is 6.61 Å². The SMILES string of the molecule is CCOc1cc(NC2CCn3ccnc32)ccc1OC. The van der Waals surface area contributed by atoms with Crippen LogP contribution in [0.1, 0.15) is 25.2 Å². The molecule has 0 fully saturated rings. The van der Waals surface area contributed by atoms with Gasteiger partial charge in [0.25, 0.3) is 0 Å². The first-order valence-electron chi connectivity index (χ1n) is 6.90. The number of anilines is 1. The maximum Gasteiger partial charge on any atom is 0.163 e. The Morgan fingerprint density at radius 1 is 1.40 bits per heavy atom. The summed E-state index contributed by atoms with van der Waals surface area (Å²) >= 11 is 0. The Kier molecular flexibility index (Phi) is 3.50. The van der Waals surface area contributed by atoms with Crippen LogP contribution in [0.15, 0.2) is 30.6 Å². The van der Waals surface area contributed by atoms with E-state index in [1.54, 1.807) is 7.11 Å². The number of imidazole rings is 1. The molecule has 1 unspecified atom stereocenters. The first-order chi connectivity index (χ1) is 9.81. The average molecular weight is 273 g/mol. The van der Waals surface area contributed by atoms with Crippen molar-refractivity contribution < 1.29 is 9.47 Å². The van der Waals surface area contributed by atoms with E-state index in [1.165, 1.54) is 0 Å². The summed E-state index contributed by atoms with van der Waals surface area (Å²) in [7, 11) is 1.65. The molecular formula is C15H19N3O2. The molecule has 3 rings (SSSR count). The summed E-state index contributed by atoms with van der Waals surface area (Å²) in [5, 5.41) is 3.51. The lowest BCUT2D eigenvalue weighted by atomic mass is 10.2. The van der Waals surface area contributed by atoms with E-state index >= 15 is 0 Å². The molecule has 0 spiro atoms. The molecule has 5 heteroatoms. The van der Waals surface area contributed by atoms with Crippen molar-refractivity contribution in [3.05, 3.63) is 36.4 Å². The number of rotatable bonds is 5. The van der Waals surface area contributed by atoms with Crippen LogP contribution in [0.5, 0.6) is 11.5 Å². The molecule has 0 saturated heterocycles. The number of hydrogen-bond acceptors (Lipinski definition) is 4. The highest BCUT2D eigenvalue weighted by atomic mass is 16.5. The highest BCUT2D eigenvalue weighted by Crippen LogP contribution is 2.33. The maximum atomic E-state index is 5.60. The zero-order valence-electron chi connectivity index (χ0n) is 11.8. The summed E-state index contributed by atoms with van der Waals surface area (Å²) in [6, 6.07) is 6.17. The maximum absolute atomic E-state index is 5.60. The molecule has 2 heterocycles. The first-order valence-corrected chi connectivity index (χ1v) is 6.90. The number of nitrogens with one attached hydrogen (secondary N) is 1. The van der Waals surface area contributed by atoms with Crippen molar-refractivity contribution in [1.29, 1.82) is 0 Å². The number of ether oxygens (including phenoxy) is 2. The fraction of sp³-hybridized carbons (Fsp3) is 0.400. The van der Waals surface area contributed by atoms with Crippen LogP contribution in [0.2, 0.25) is 0 Å². The Labute approximate surface area is 118 Å². The number of aryl methyl sites for hydroxylation is 1. The van der Waals surface area contributed by atoms with Gasteiger partial charge in [-0.25, -0.2) is 4.98 Å². The number of aromatic nitrogens is 2. The molecule has 0 bridgehead atoms. The third kappa shape index (κ3) is 2.31. The summed E-state index contributed by atoms with van der Waals surface area (Å²) in [5.74, 6) is 2.62. The third-order valence-electron chi connectivity index (χ3n) is 3.52. The number of fused-ring (bicyclic) bond motifs is 1. The van der Waals surface area contributed by atoms with Crippen LogP contribution in [-0.4, -0.2) is 23.3 Å². The minimum Gasteiger partial charge on any atom is -0.493 e. The Morgan fingerprint density at radius 3 is 3.10 bits per heavy atom. The van der Waals surface area contributed by atoms with Crippen molar-refractivity contribution in [1.82, 2.24) is 9.55 Å². The molecule has 1 aromatic heterocycles. The Balaban J connectivity index is 1.80. The van der Waals surface area contributed by atoms with Gasteiger partial charge < -0.3 is 19.4 Å². The van der Waals surface area contributed by atoms with E-state index in [4.69, 9.17) is 9.47 Å². The first kappa shape index (κ1) is 12.8. The number of hydrogen-bond donors (Lipinski definition) is 1. The summed E-state index contributed by atoms with van der Waals surface area (Å²) < 4.78 is 13.1. The van der Waals surface area contributed by atoms with Gasteiger partial charge in [-0.05, 0) is 25.5 Å². The van der Waals surface area contributed by atoms with Gasteiger partial charge in [-0.2, -0.15) is 0 Å². The van der Waals surface area contributed by atoms with E-state index in [-0.39, 0.29) is 6.04 Å². The second kappa shape index (κ2) is 5.45. The fourth-order valence-corrected chi connectivity index (χ4v) is 2.59. The van der Waals surface area contributed by atoms with E-state index < -0.39 is 0 Å². The molecule has 0 saturated carbocycles. The highest BCUT2D eigenvalue weighted by molar-refractivity contribution is 5.55. The van der Waals surface area contributed by atoms with E-state index in [9.17, 15) is 0 Å². The molecule has 1 N–H and O–H groups in total. The monoisotopic (exact) mass is 273 g/mol. The molecule has 106 valence electrons. The molecule has 2 aromatic rings. The van der Waals surface area contributed by atoms with Gasteiger partial charge in [-0.1, -0.05) is 0 Å². The van der Waals surface area contributed by atoms with Gasteiger partial charge in [0.05, 0.1) is 19.8 Å². The minimum atomic E-state index is 0.257. The van der Waals surface area contributed by atoms with Crippen molar-refractivity contribution in [3.63, 3.8) is 0 Å². The lowest BCUT2D eigenvalue weighted by Crippen LogP contribution is -2.08. The number of methoxy groups -OCH3 is 1. The van der Waals surface area contributed by atoms with Crippen LogP contribution in [0, 0.1) is 0 Å². The van der Waals surface area contributed by atoms with Crippen molar-refractivity contribution in [2.24, 2.45) is 0 Å². The van der Waals surface area contributed by atoms with Gasteiger partial charge in [-0.15, -0.1) is 0 Å². The molecule has 0 radical (unpaired) electrons. The largest absolute Gasteiger partial charge is 0.493 e. The molecule has 0 aliphatic carbocycles. The lowest BCUT2D eigenvalue weighted by molar-refractivity contribution is 0.311. The molecule has 0 amide bonds.